The third-order valence-corrected chi connectivity index (χ3v) is 4.60. The first-order valence-corrected chi connectivity index (χ1v) is 10.0. The van der Waals surface area contributed by atoms with Gasteiger partial charge in [-0.05, 0) is 31.6 Å². The van der Waals surface area contributed by atoms with E-state index in [1.807, 2.05) is 25.2 Å². The lowest BCUT2D eigenvalue weighted by molar-refractivity contribution is 0.0356. The van der Waals surface area contributed by atoms with Gasteiger partial charge in [-0.3, -0.25) is 15.0 Å². The molecule has 1 aromatic rings. The lowest BCUT2D eigenvalue weighted by atomic mass is 10.0. The lowest BCUT2D eigenvalue weighted by Crippen LogP contribution is -2.17. The van der Waals surface area contributed by atoms with E-state index in [9.17, 15) is 8.78 Å². The van der Waals surface area contributed by atoms with E-state index in [0.29, 0.717) is 29.3 Å². The van der Waals surface area contributed by atoms with E-state index < -0.39 is 5.92 Å². The van der Waals surface area contributed by atoms with E-state index in [-0.39, 0.29) is 18.4 Å². The topological polar surface area (TPSA) is 60.3 Å². The van der Waals surface area contributed by atoms with Crippen LogP contribution in [0.1, 0.15) is 31.0 Å². The van der Waals surface area contributed by atoms with Crippen LogP contribution >= 0.6 is 0 Å². The minimum atomic E-state index is -2.84. The molecule has 1 aliphatic carbocycles. The van der Waals surface area contributed by atoms with Crippen LogP contribution in [-0.2, 0) is 4.74 Å². The molecule has 0 bridgehead atoms. The maximum Gasteiger partial charge on any atom is 0.269 e. The molecule has 0 spiro atoms. The zero-order valence-corrected chi connectivity index (χ0v) is 17.5. The van der Waals surface area contributed by atoms with E-state index in [1.54, 1.807) is 49.2 Å². The zero-order valence-electron chi connectivity index (χ0n) is 17.5. The average Bonchev–Trinajstić information content (AvgIpc) is 3.14. The van der Waals surface area contributed by atoms with Gasteiger partial charge in [-0.1, -0.05) is 31.2 Å². The Labute approximate surface area is 180 Å². The highest BCUT2D eigenvalue weighted by Gasteiger charge is 2.30. The first kappa shape index (κ1) is 22.2. The van der Waals surface area contributed by atoms with E-state index >= 15 is 0 Å². The molecule has 0 saturated heterocycles. The third-order valence-electron chi connectivity index (χ3n) is 4.60. The van der Waals surface area contributed by atoms with Gasteiger partial charge in [0.15, 0.2) is 0 Å². The zero-order chi connectivity index (χ0) is 22.1. The first-order valence-electron chi connectivity index (χ1n) is 10.0. The van der Waals surface area contributed by atoms with Crippen LogP contribution in [0.5, 0.6) is 0 Å². The van der Waals surface area contributed by atoms with Gasteiger partial charge < -0.3 is 4.74 Å². The molecule has 5 nitrogen and oxygen atoms in total. The molecule has 0 amide bonds. The Morgan fingerprint density at radius 3 is 2.71 bits per heavy atom. The normalized spacial score (nSPS) is 16.1. The van der Waals surface area contributed by atoms with Gasteiger partial charge in [0.05, 0.1) is 12.2 Å². The smallest absolute Gasteiger partial charge is 0.269 e. The van der Waals surface area contributed by atoms with E-state index in [0.717, 1.165) is 5.69 Å². The van der Waals surface area contributed by atoms with Crippen molar-refractivity contribution < 1.29 is 13.5 Å². The molecule has 0 aromatic carbocycles. The van der Waals surface area contributed by atoms with Crippen molar-refractivity contribution in [3.8, 4) is 0 Å². The molecule has 0 N–H and O–H groups in total. The molecule has 0 atom stereocenters. The van der Waals surface area contributed by atoms with Gasteiger partial charge in [0.2, 0.25) is 5.90 Å². The molecule has 2 aliphatic rings. The Morgan fingerprint density at radius 1 is 1.03 bits per heavy atom. The fourth-order valence-electron chi connectivity index (χ4n) is 2.85. The van der Waals surface area contributed by atoms with E-state index in [2.05, 4.69) is 19.9 Å². The number of alkyl halides is 2. The van der Waals surface area contributed by atoms with Crippen LogP contribution in [0, 0.1) is 6.92 Å². The molecule has 1 aliphatic heterocycles. The summed E-state index contributed by atoms with van der Waals surface area (Å²) < 4.78 is 34.2. The molecule has 1 aromatic heterocycles. The Balaban J connectivity index is 1.94. The van der Waals surface area contributed by atoms with Crippen LogP contribution in [0.4, 0.5) is 8.78 Å². The summed E-state index contributed by atoms with van der Waals surface area (Å²) in [5.74, 6) is -2.05. The molecule has 7 heteroatoms. The van der Waals surface area contributed by atoms with Gasteiger partial charge in [-0.15, -0.1) is 0 Å². The number of ether oxygens (including phenoxy) is 1. The van der Waals surface area contributed by atoms with Gasteiger partial charge in [-0.2, -0.15) is 0 Å². The Hall–Kier alpha value is -3.48. The van der Waals surface area contributed by atoms with Crippen LogP contribution < -0.4 is 0 Å². The summed E-state index contributed by atoms with van der Waals surface area (Å²) in [7, 11) is 0. The Kier molecular flexibility index (Phi) is 7.54. The molecule has 0 unspecified atom stereocenters. The van der Waals surface area contributed by atoms with Crippen molar-refractivity contribution in [2.45, 2.75) is 32.6 Å². The first-order chi connectivity index (χ1) is 15.0. The number of allylic oxidation sites excluding steroid dienone is 7. The van der Waals surface area contributed by atoms with Gasteiger partial charge >= 0.3 is 0 Å². The van der Waals surface area contributed by atoms with Crippen molar-refractivity contribution in [1.82, 2.24) is 15.0 Å². The van der Waals surface area contributed by atoms with Crippen LogP contribution in [-0.4, -0.2) is 33.3 Å². The number of hydrogen-bond donors (Lipinski definition) is 0. The number of nitrogens with zero attached hydrogens (tertiary/aromatic N) is 4. The number of aryl methyl sites for hydroxylation is 1. The predicted octanol–water partition coefficient (Wildman–Crippen LogP) is 5.49. The maximum atomic E-state index is 14.1. The minimum Gasteiger partial charge on any atom is -0.439 e. The Bertz CT molecular complexity index is 1050. The van der Waals surface area contributed by atoms with Gasteiger partial charge in [0.25, 0.3) is 5.92 Å². The molecular formula is C24H24F2N4O. The number of halogens is 2. The number of aromatic nitrogens is 3. The van der Waals surface area contributed by atoms with Crippen molar-refractivity contribution >= 4 is 11.5 Å². The fraction of sp³-hybridized carbons (Fsp3) is 0.250. The average molecular weight is 422 g/mol. The summed E-state index contributed by atoms with van der Waals surface area (Å²) in [5, 5.41) is 0. The molecule has 0 radical (unpaired) electrons. The Morgan fingerprint density at radius 2 is 1.87 bits per heavy atom. The van der Waals surface area contributed by atoms with Crippen molar-refractivity contribution in [1.29, 1.82) is 0 Å². The van der Waals surface area contributed by atoms with Crippen molar-refractivity contribution in [3.63, 3.8) is 0 Å². The number of aliphatic imine (C=N–C) groups is 1. The summed E-state index contributed by atoms with van der Waals surface area (Å²) >= 11 is 0. The van der Waals surface area contributed by atoms with E-state index in [1.165, 1.54) is 13.0 Å². The van der Waals surface area contributed by atoms with E-state index in [4.69, 9.17) is 4.74 Å². The summed E-state index contributed by atoms with van der Waals surface area (Å²) in [5.41, 5.74) is 2.17. The second kappa shape index (κ2) is 10.5. The standard InChI is InChI=1S/C24H24F2N4O/c1-3-24(25,26)20-7-6-8-21(11-10-20)31-23-22(9-4-5-12-30-23)19-16-27-13-14-29-18(2)15-28-17-19/h4-6,8-11,13-17H,3,7,12H2,1-2H3. The summed E-state index contributed by atoms with van der Waals surface area (Å²) in [6, 6.07) is 0. The highest BCUT2D eigenvalue weighted by Crippen LogP contribution is 2.32. The molecule has 31 heavy (non-hydrogen) atoms. The number of rotatable bonds is 4. The van der Waals surface area contributed by atoms with Crippen molar-refractivity contribution in [3.05, 3.63) is 96.1 Å². The monoisotopic (exact) mass is 422 g/mol. The highest BCUT2D eigenvalue weighted by molar-refractivity contribution is 6.20. The predicted molar refractivity (Wildman–Crippen MR) is 118 cm³/mol. The molecule has 3 rings (SSSR count). The van der Waals surface area contributed by atoms with Crippen LogP contribution in [0.25, 0.3) is 5.57 Å². The minimum absolute atomic E-state index is 0.0606. The van der Waals surface area contributed by atoms with Crippen molar-refractivity contribution in [2.75, 3.05) is 6.54 Å². The maximum absolute atomic E-state index is 14.1. The third kappa shape index (κ3) is 6.25. The van der Waals surface area contributed by atoms with Gasteiger partial charge in [-0.25, -0.2) is 13.8 Å². The second-order valence-electron chi connectivity index (χ2n) is 6.89. The quantitative estimate of drug-likeness (QED) is 0.644. The molecular weight excluding hydrogens is 398 g/mol. The largest absolute Gasteiger partial charge is 0.439 e. The van der Waals surface area contributed by atoms with Crippen LogP contribution in [0.3, 0.4) is 0 Å². The summed E-state index contributed by atoms with van der Waals surface area (Å²) in [6.07, 6.45) is 20.0. The molecule has 0 saturated carbocycles. The van der Waals surface area contributed by atoms with Gasteiger partial charge in [0.1, 0.15) is 5.76 Å². The lowest BCUT2D eigenvalue weighted by Gasteiger charge is -2.16. The van der Waals surface area contributed by atoms with Gasteiger partial charge in [0, 0.05) is 54.1 Å². The second-order valence-corrected chi connectivity index (χ2v) is 6.89. The molecule has 160 valence electrons. The number of hydrogen-bond acceptors (Lipinski definition) is 5. The molecule has 2 heterocycles. The SMILES string of the molecule is CCC(F)(F)C1=CC=C(OC2=NCC=CC=C2c2cnccnc(C)cnc2)C=CC1. The highest BCUT2D eigenvalue weighted by atomic mass is 19.3. The summed E-state index contributed by atoms with van der Waals surface area (Å²) in [4.78, 5) is 17.2. The van der Waals surface area contributed by atoms with Crippen LogP contribution in [0.15, 0.2) is 89.8 Å². The summed E-state index contributed by atoms with van der Waals surface area (Å²) in [6.45, 7) is 3.74. The van der Waals surface area contributed by atoms with Crippen LogP contribution in [0.2, 0.25) is 0 Å². The van der Waals surface area contributed by atoms with Crippen molar-refractivity contribution in [2.24, 2.45) is 4.99 Å². The fourth-order valence-corrected chi connectivity index (χ4v) is 2.85. The molecule has 0 fully saturated rings.